The molecule has 3 heteroatoms. The largest absolute Gasteiger partial charge is 0.305 e. The Morgan fingerprint density at radius 2 is 1.95 bits per heavy atom. The molecule has 1 aromatic rings. The van der Waals surface area contributed by atoms with Crippen molar-refractivity contribution in [3.63, 3.8) is 0 Å². The maximum absolute atomic E-state index is 5.02. The molecule has 1 unspecified atom stereocenters. The summed E-state index contributed by atoms with van der Waals surface area (Å²) in [6, 6.07) is 0. The Kier molecular flexibility index (Phi) is 5.40. The standard InChI is InChI=1S/C16H28N2S/c1-4-11-16(6-3,17-12-5-2)15-18-13-9-7-8-10-14(13)19-15/h17H,4-12H2,1-3H3. The number of hydrogen-bond acceptors (Lipinski definition) is 3. The van der Waals surface area contributed by atoms with Gasteiger partial charge in [0.15, 0.2) is 0 Å². The van der Waals surface area contributed by atoms with Crippen LogP contribution in [-0.4, -0.2) is 11.5 Å². The molecular weight excluding hydrogens is 252 g/mol. The summed E-state index contributed by atoms with van der Waals surface area (Å²) in [5.74, 6) is 0. The molecule has 0 saturated carbocycles. The lowest BCUT2D eigenvalue weighted by molar-refractivity contribution is 0.293. The van der Waals surface area contributed by atoms with E-state index in [-0.39, 0.29) is 5.54 Å². The molecule has 1 aliphatic rings. The van der Waals surface area contributed by atoms with E-state index in [0.717, 1.165) is 13.0 Å². The Morgan fingerprint density at radius 1 is 1.16 bits per heavy atom. The van der Waals surface area contributed by atoms with Crippen LogP contribution in [0.2, 0.25) is 0 Å². The van der Waals surface area contributed by atoms with Gasteiger partial charge in [-0.05, 0) is 51.5 Å². The van der Waals surface area contributed by atoms with Crippen molar-refractivity contribution in [1.82, 2.24) is 10.3 Å². The maximum atomic E-state index is 5.02. The van der Waals surface area contributed by atoms with Crippen LogP contribution < -0.4 is 5.32 Å². The van der Waals surface area contributed by atoms with Crippen LogP contribution in [0.1, 0.15) is 74.9 Å². The molecule has 0 radical (unpaired) electrons. The molecule has 1 aromatic heterocycles. The quantitative estimate of drug-likeness (QED) is 0.799. The lowest BCUT2D eigenvalue weighted by atomic mass is 9.91. The van der Waals surface area contributed by atoms with Crippen LogP contribution >= 0.6 is 11.3 Å². The van der Waals surface area contributed by atoms with E-state index in [0.29, 0.717) is 0 Å². The minimum Gasteiger partial charge on any atom is -0.305 e. The number of rotatable bonds is 7. The summed E-state index contributed by atoms with van der Waals surface area (Å²) in [7, 11) is 0. The second-order valence-electron chi connectivity index (χ2n) is 5.71. The van der Waals surface area contributed by atoms with Gasteiger partial charge in [-0.1, -0.05) is 27.2 Å². The highest BCUT2D eigenvalue weighted by molar-refractivity contribution is 7.11. The molecule has 0 amide bonds. The molecule has 0 aromatic carbocycles. The van der Waals surface area contributed by atoms with E-state index in [1.165, 1.54) is 55.6 Å². The van der Waals surface area contributed by atoms with Crippen LogP contribution in [0.4, 0.5) is 0 Å². The van der Waals surface area contributed by atoms with E-state index in [1.807, 2.05) is 11.3 Å². The number of aryl methyl sites for hydroxylation is 2. The average Bonchev–Trinajstić information content (AvgIpc) is 2.88. The molecule has 1 aliphatic carbocycles. The first kappa shape index (κ1) is 15.0. The van der Waals surface area contributed by atoms with Crippen LogP contribution in [0.3, 0.4) is 0 Å². The molecule has 0 bridgehead atoms. The predicted molar refractivity (Wildman–Crippen MR) is 83.9 cm³/mol. The van der Waals surface area contributed by atoms with Gasteiger partial charge in [0.25, 0.3) is 0 Å². The van der Waals surface area contributed by atoms with Crippen LogP contribution in [0, 0.1) is 0 Å². The molecular formula is C16H28N2S. The summed E-state index contributed by atoms with van der Waals surface area (Å²) < 4.78 is 0. The topological polar surface area (TPSA) is 24.9 Å². The maximum Gasteiger partial charge on any atom is 0.113 e. The van der Waals surface area contributed by atoms with Gasteiger partial charge in [0, 0.05) is 4.88 Å². The van der Waals surface area contributed by atoms with Crippen LogP contribution in [-0.2, 0) is 18.4 Å². The van der Waals surface area contributed by atoms with Crippen molar-refractivity contribution in [3.05, 3.63) is 15.6 Å². The van der Waals surface area contributed by atoms with Crippen molar-refractivity contribution in [2.75, 3.05) is 6.54 Å². The van der Waals surface area contributed by atoms with Crippen molar-refractivity contribution < 1.29 is 0 Å². The van der Waals surface area contributed by atoms with E-state index in [2.05, 4.69) is 26.1 Å². The van der Waals surface area contributed by atoms with Crippen LogP contribution in [0.5, 0.6) is 0 Å². The number of aromatic nitrogens is 1. The second-order valence-corrected chi connectivity index (χ2v) is 6.79. The molecule has 19 heavy (non-hydrogen) atoms. The summed E-state index contributed by atoms with van der Waals surface area (Å²) in [6.45, 7) is 7.93. The van der Waals surface area contributed by atoms with E-state index in [1.54, 1.807) is 4.88 Å². The van der Waals surface area contributed by atoms with Crippen molar-refractivity contribution in [2.45, 2.75) is 77.7 Å². The molecule has 2 rings (SSSR count). The van der Waals surface area contributed by atoms with E-state index in [9.17, 15) is 0 Å². The number of hydrogen-bond donors (Lipinski definition) is 1. The molecule has 1 heterocycles. The van der Waals surface area contributed by atoms with Gasteiger partial charge >= 0.3 is 0 Å². The summed E-state index contributed by atoms with van der Waals surface area (Å²) >= 11 is 1.98. The van der Waals surface area contributed by atoms with Crippen molar-refractivity contribution >= 4 is 11.3 Å². The zero-order valence-electron chi connectivity index (χ0n) is 12.7. The third kappa shape index (κ3) is 3.19. The third-order valence-electron chi connectivity index (χ3n) is 4.25. The van der Waals surface area contributed by atoms with Crippen molar-refractivity contribution in [1.29, 1.82) is 0 Å². The molecule has 1 N–H and O–H groups in total. The van der Waals surface area contributed by atoms with Crippen molar-refractivity contribution in [2.24, 2.45) is 0 Å². The summed E-state index contributed by atoms with van der Waals surface area (Å²) in [5, 5.41) is 5.17. The predicted octanol–water partition coefficient (Wildman–Crippen LogP) is 4.43. The van der Waals surface area contributed by atoms with Gasteiger partial charge < -0.3 is 5.32 Å². The normalized spacial score (nSPS) is 18.1. The Labute approximate surface area is 122 Å². The Bertz CT molecular complexity index is 376. The lowest BCUT2D eigenvalue weighted by Gasteiger charge is -2.32. The van der Waals surface area contributed by atoms with Gasteiger partial charge in [0.2, 0.25) is 0 Å². The molecule has 2 nitrogen and oxygen atoms in total. The Balaban J connectivity index is 2.27. The van der Waals surface area contributed by atoms with E-state index < -0.39 is 0 Å². The second kappa shape index (κ2) is 6.85. The van der Waals surface area contributed by atoms with E-state index >= 15 is 0 Å². The number of fused-ring (bicyclic) bond motifs is 1. The van der Waals surface area contributed by atoms with Gasteiger partial charge in [0.05, 0.1) is 11.2 Å². The zero-order chi connectivity index (χ0) is 13.7. The first-order chi connectivity index (χ1) is 9.25. The van der Waals surface area contributed by atoms with Gasteiger partial charge in [-0.2, -0.15) is 0 Å². The fourth-order valence-corrected chi connectivity index (χ4v) is 4.49. The smallest absolute Gasteiger partial charge is 0.113 e. The highest BCUT2D eigenvalue weighted by Gasteiger charge is 2.33. The first-order valence-corrected chi connectivity index (χ1v) is 8.81. The fourth-order valence-electron chi connectivity index (χ4n) is 3.07. The van der Waals surface area contributed by atoms with Gasteiger partial charge in [-0.25, -0.2) is 4.98 Å². The summed E-state index contributed by atoms with van der Waals surface area (Å²) in [5.41, 5.74) is 1.53. The SMILES string of the molecule is CCCNC(CC)(CCC)c1nc2c(s1)CCCC2. The van der Waals surface area contributed by atoms with Gasteiger partial charge in [-0.3, -0.25) is 0 Å². The molecule has 1 atom stereocenters. The number of nitrogens with one attached hydrogen (secondary N) is 1. The first-order valence-electron chi connectivity index (χ1n) is 7.99. The molecule has 108 valence electrons. The van der Waals surface area contributed by atoms with Crippen LogP contribution in [0.25, 0.3) is 0 Å². The molecule has 0 fully saturated rings. The summed E-state index contributed by atoms with van der Waals surface area (Å²) in [6.07, 6.45) is 9.89. The number of thiazole rings is 1. The molecule has 0 spiro atoms. The van der Waals surface area contributed by atoms with Gasteiger partial charge in [-0.15, -0.1) is 11.3 Å². The Hall–Kier alpha value is -0.410. The Morgan fingerprint density at radius 3 is 2.58 bits per heavy atom. The highest BCUT2D eigenvalue weighted by Crippen LogP contribution is 2.37. The number of nitrogens with zero attached hydrogens (tertiary/aromatic N) is 1. The minimum atomic E-state index is 0.132. The van der Waals surface area contributed by atoms with Gasteiger partial charge in [0.1, 0.15) is 5.01 Å². The highest BCUT2D eigenvalue weighted by atomic mass is 32.1. The minimum absolute atomic E-state index is 0.132. The van der Waals surface area contributed by atoms with E-state index in [4.69, 9.17) is 4.98 Å². The summed E-state index contributed by atoms with van der Waals surface area (Å²) in [4.78, 5) is 6.59. The zero-order valence-corrected chi connectivity index (χ0v) is 13.5. The molecule has 0 saturated heterocycles. The van der Waals surface area contributed by atoms with Crippen LogP contribution in [0.15, 0.2) is 0 Å². The lowest BCUT2D eigenvalue weighted by Crippen LogP contribution is -2.42. The monoisotopic (exact) mass is 280 g/mol. The third-order valence-corrected chi connectivity index (χ3v) is 5.61. The van der Waals surface area contributed by atoms with Crippen molar-refractivity contribution in [3.8, 4) is 0 Å². The average molecular weight is 280 g/mol. The fraction of sp³-hybridized carbons (Fsp3) is 0.812. The molecule has 0 aliphatic heterocycles.